The zero-order valence-electron chi connectivity index (χ0n) is 13.8. The van der Waals surface area contributed by atoms with E-state index in [4.69, 9.17) is 4.99 Å². The first kappa shape index (κ1) is 20.5. The molecule has 1 rings (SSSR count). The predicted octanol–water partition coefficient (Wildman–Crippen LogP) is 1.97. The van der Waals surface area contributed by atoms with E-state index in [0.29, 0.717) is 6.54 Å². The maximum Gasteiger partial charge on any atom is 0.194 e. The topological polar surface area (TPSA) is 58.3 Å². The van der Waals surface area contributed by atoms with Crippen LogP contribution in [0.3, 0.4) is 0 Å². The molecule has 0 bridgehead atoms. The van der Waals surface area contributed by atoms with Crippen LogP contribution in [0, 0.1) is 0 Å². The van der Waals surface area contributed by atoms with Crippen molar-refractivity contribution in [3.8, 4) is 0 Å². The van der Waals surface area contributed by atoms with Gasteiger partial charge in [0.05, 0.1) is 13.1 Å². The summed E-state index contributed by atoms with van der Waals surface area (Å²) in [5.74, 6) is 1.82. The van der Waals surface area contributed by atoms with Gasteiger partial charge in [-0.2, -0.15) is 16.9 Å². The van der Waals surface area contributed by atoms with Gasteiger partial charge in [0.2, 0.25) is 0 Å². The van der Waals surface area contributed by atoms with Gasteiger partial charge in [-0.25, -0.2) is 4.98 Å². The summed E-state index contributed by atoms with van der Waals surface area (Å²) in [4.78, 5) is 11.0. The quantitative estimate of drug-likeness (QED) is 0.428. The van der Waals surface area contributed by atoms with Gasteiger partial charge in [-0.1, -0.05) is 0 Å². The lowest BCUT2D eigenvalue weighted by atomic mass is 10.2. The Balaban J connectivity index is 0.00000400. The van der Waals surface area contributed by atoms with E-state index in [-0.39, 0.29) is 28.7 Å². The maximum atomic E-state index is 4.72. The monoisotopic (exact) mass is 426 g/mol. The molecule has 1 heterocycles. The number of aliphatic imine (C=N–C) groups is 1. The highest BCUT2D eigenvalue weighted by molar-refractivity contribution is 14.0. The number of nitrogens with zero attached hydrogens (tertiary/aromatic N) is 5. The van der Waals surface area contributed by atoms with Crippen molar-refractivity contribution in [1.82, 2.24) is 25.0 Å². The molecule has 0 aliphatic carbocycles. The van der Waals surface area contributed by atoms with Crippen LogP contribution in [-0.2, 0) is 13.6 Å². The van der Waals surface area contributed by atoms with Crippen molar-refractivity contribution in [1.29, 1.82) is 0 Å². The molecule has 21 heavy (non-hydrogen) atoms. The average molecular weight is 426 g/mol. The third kappa shape index (κ3) is 6.86. The third-order valence-electron chi connectivity index (χ3n) is 3.04. The van der Waals surface area contributed by atoms with Crippen molar-refractivity contribution in [3.05, 3.63) is 12.2 Å². The fourth-order valence-electron chi connectivity index (χ4n) is 1.55. The molecule has 0 saturated carbocycles. The molecule has 8 heteroatoms. The summed E-state index contributed by atoms with van der Waals surface area (Å²) < 4.78 is 1.93. The van der Waals surface area contributed by atoms with Gasteiger partial charge in [-0.15, -0.1) is 24.0 Å². The zero-order chi connectivity index (χ0) is 15.2. The molecule has 0 saturated heterocycles. The van der Waals surface area contributed by atoms with Gasteiger partial charge < -0.3 is 10.2 Å². The molecule has 0 aliphatic rings. The number of hydrogen-bond donors (Lipinski definition) is 1. The summed E-state index contributed by atoms with van der Waals surface area (Å²) in [6.07, 6.45) is 3.69. The summed E-state index contributed by atoms with van der Waals surface area (Å²) in [6.45, 7) is 8.79. The Morgan fingerprint density at radius 2 is 2.19 bits per heavy atom. The summed E-state index contributed by atoms with van der Waals surface area (Å²) in [5.41, 5.74) is 0. The standard InChI is InChI=1S/C13H26N6S.HI/c1-7-14-12(15-9-13(2,3)20-6)18(4)8-11-16-10-17-19(11)5;/h10H,7-9H2,1-6H3,(H,14,15);1H. The molecule has 0 aliphatic heterocycles. The number of rotatable bonds is 6. The van der Waals surface area contributed by atoms with Crippen molar-refractivity contribution in [3.63, 3.8) is 0 Å². The molecular weight excluding hydrogens is 399 g/mol. The SMILES string of the molecule is CCNC(=NCC(C)(C)SC)N(C)Cc1ncnn1C.I. The summed E-state index contributed by atoms with van der Waals surface area (Å²) >= 11 is 1.83. The second-order valence-electron chi connectivity index (χ2n) is 5.29. The number of guanidine groups is 1. The maximum absolute atomic E-state index is 4.72. The molecule has 1 aromatic rings. The first-order valence-electron chi connectivity index (χ1n) is 6.77. The molecular formula is C13H27IN6S. The molecule has 0 fully saturated rings. The highest BCUT2D eigenvalue weighted by Crippen LogP contribution is 2.21. The molecule has 0 atom stereocenters. The van der Waals surface area contributed by atoms with Crippen molar-refractivity contribution in [2.75, 3.05) is 26.4 Å². The van der Waals surface area contributed by atoms with E-state index in [9.17, 15) is 0 Å². The number of nitrogens with one attached hydrogen (secondary N) is 1. The Bertz CT molecular complexity index is 446. The van der Waals surface area contributed by atoms with E-state index < -0.39 is 0 Å². The van der Waals surface area contributed by atoms with Crippen molar-refractivity contribution in [2.24, 2.45) is 12.0 Å². The number of thioether (sulfide) groups is 1. The van der Waals surface area contributed by atoms with E-state index >= 15 is 0 Å². The van der Waals surface area contributed by atoms with E-state index in [0.717, 1.165) is 24.9 Å². The molecule has 0 aromatic carbocycles. The lowest BCUT2D eigenvalue weighted by Crippen LogP contribution is -2.40. The second kappa shape index (κ2) is 9.50. The smallest absolute Gasteiger partial charge is 0.194 e. The van der Waals surface area contributed by atoms with E-state index in [1.807, 2.05) is 25.9 Å². The number of halogens is 1. The zero-order valence-corrected chi connectivity index (χ0v) is 16.9. The van der Waals surface area contributed by atoms with E-state index in [2.05, 4.69) is 47.3 Å². The molecule has 1 aromatic heterocycles. The molecule has 6 nitrogen and oxygen atoms in total. The summed E-state index contributed by atoms with van der Waals surface area (Å²) in [7, 11) is 3.92. The fourth-order valence-corrected chi connectivity index (χ4v) is 1.74. The minimum Gasteiger partial charge on any atom is -0.357 e. The first-order chi connectivity index (χ1) is 9.39. The van der Waals surface area contributed by atoms with Crippen LogP contribution in [0.5, 0.6) is 0 Å². The minimum atomic E-state index is 0. The Morgan fingerprint density at radius 3 is 2.67 bits per heavy atom. The van der Waals surface area contributed by atoms with Crippen molar-refractivity contribution >= 4 is 41.7 Å². The lowest BCUT2D eigenvalue weighted by molar-refractivity contribution is 0.447. The van der Waals surface area contributed by atoms with Gasteiger partial charge in [0.15, 0.2) is 5.96 Å². The fraction of sp³-hybridized carbons (Fsp3) is 0.769. The number of hydrogen-bond acceptors (Lipinski definition) is 4. The van der Waals surface area contributed by atoms with Crippen LogP contribution >= 0.6 is 35.7 Å². The third-order valence-corrected chi connectivity index (χ3v) is 4.28. The highest BCUT2D eigenvalue weighted by atomic mass is 127. The number of aromatic nitrogens is 3. The molecule has 0 amide bonds. The summed E-state index contributed by atoms with van der Waals surface area (Å²) in [6, 6.07) is 0. The van der Waals surface area contributed by atoms with E-state index in [1.54, 1.807) is 11.0 Å². The van der Waals surface area contributed by atoms with Crippen LogP contribution < -0.4 is 5.32 Å². The van der Waals surface area contributed by atoms with Crippen LogP contribution in [0.2, 0.25) is 0 Å². The van der Waals surface area contributed by atoms with Crippen LogP contribution in [0.15, 0.2) is 11.3 Å². The van der Waals surface area contributed by atoms with Gasteiger partial charge >= 0.3 is 0 Å². The first-order valence-corrected chi connectivity index (χ1v) is 7.99. The Kier molecular flexibility index (Phi) is 9.26. The van der Waals surface area contributed by atoms with Gasteiger partial charge in [-0.3, -0.25) is 9.67 Å². The van der Waals surface area contributed by atoms with Gasteiger partial charge in [0.1, 0.15) is 12.2 Å². The predicted molar refractivity (Wildman–Crippen MR) is 101 cm³/mol. The van der Waals surface area contributed by atoms with E-state index in [1.165, 1.54) is 0 Å². The largest absolute Gasteiger partial charge is 0.357 e. The molecule has 0 unspecified atom stereocenters. The Hall–Kier alpha value is -0.510. The van der Waals surface area contributed by atoms with Crippen LogP contribution in [-0.4, -0.2) is 56.8 Å². The Morgan fingerprint density at radius 1 is 1.52 bits per heavy atom. The number of aryl methyl sites for hydroxylation is 1. The van der Waals surface area contributed by atoms with Gasteiger partial charge in [0, 0.05) is 25.4 Å². The van der Waals surface area contributed by atoms with Crippen molar-refractivity contribution in [2.45, 2.75) is 32.1 Å². The second-order valence-corrected chi connectivity index (χ2v) is 6.80. The molecule has 122 valence electrons. The van der Waals surface area contributed by atoms with Gasteiger partial charge in [0.25, 0.3) is 0 Å². The molecule has 0 spiro atoms. The van der Waals surface area contributed by atoms with Gasteiger partial charge in [-0.05, 0) is 27.0 Å². The van der Waals surface area contributed by atoms with Crippen LogP contribution in [0.25, 0.3) is 0 Å². The Labute approximate surface area is 149 Å². The molecule has 0 radical (unpaired) electrons. The van der Waals surface area contributed by atoms with Crippen LogP contribution in [0.4, 0.5) is 0 Å². The minimum absolute atomic E-state index is 0. The van der Waals surface area contributed by atoms with Crippen LogP contribution in [0.1, 0.15) is 26.6 Å². The molecule has 1 N–H and O–H groups in total. The average Bonchev–Trinajstić information content (AvgIpc) is 2.80. The normalized spacial score (nSPS) is 12.0. The summed E-state index contributed by atoms with van der Waals surface area (Å²) in [5, 5.41) is 7.41. The lowest BCUT2D eigenvalue weighted by Gasteiger charge is -2.24. The van der Waals surface area contributed by atoms with Crippen molar-refractivity contribution < 1.29 is 0 Å². The highest BCUT2D eigenvalue weighted by Gasteiger charge is 2.17.